The van der Waals surface area contributed by atoms with E-state index in [2.05, 4.69) is 6.07 Å². The fourth-order valence-electron chi connectivity index (χ4n) is 7.59. The summed E-state index contributed by atoms with van der Waals surface area (Å²) in [6.07, 6.45) is 2.07. The van der Waals surface area contributed by atoms with E-state index in [1.165, 1.54) is 14.0 Å². The minimum absolute atomic E-state index is 0.0175. The number of ether oxygens (including phenoxy) is 5. The number of Topliss-reactive ketones (excluding diaryl/α,β-unsaturated/α-hetero) is 2. The number of carbonyl (C=O) groups excluding carboxylic acids is 3. The number of nitriles is 1. The Morgan fingerprint density at radius 2 is 1.85 bits per heavy atom. The summed E-state index contributed by atoms with van der Waals surface area (Å²) in [4.78, 5) is 44.1. The number of allylic oxidation sites excluding steroid dienone is 2. The number of carbonyl (C=O) groups is 3. The maximum atomic E-state index is 14.0. The van der Waals surface area contributed by atoms with E-state index in [-0.39, 0.29) is 42.7 Å². The van der Waals surface area contributed by atoms with Crippen LogP contribution in [-0.4, -0.2) is 73.0 Å². The van der Waals surface area contributed by atoms with Gasteiger partial charge in [-0.25, -0.2) is 0 Å². The summed E-state index contributed by atoms with van der Waals surface area (Å²) in [5.74, 6) is 0.158. The van der Waals surface area contributed by atoms with E-state index in [1.807, 2.05) is 53.3 Å². The molecule has 11 heteroatoms. The van der Waals surface area contributed by atoms with E-state index in [0.29, 0.717) is 57.4 Å². The van der Waals surface area contributed by atoms with Crippen molar-refractivity contribution in [2.24, 2.45) is 0 Å². The number of hydrogen-bond donors (Lipinski definition) is 0. The number of benzene rings is 2. The normalized spacial score (nSPS) is 24.6. The average molecular weight is 624 g/mol. The highest BCUT2D eigenvalue weighted by molar-refractivity contribution is 6.25. The Balaban J connectivity index is 1.46. The van der Waals surface area contributed by atoms with Gasteiger partial charge < -0.3 is 28.6 Å². The van der Waals surface area contributed by atoms with Crippen molar-refractivity contribution < 1.29 is 38.1 Å². The number of fused-ring (bicyclic) bond motifs is 8. The SMILES string of the molecule is COC1=C(C)C(=O)C2=C(C1=O)[C@H]1C3=Cc4c(OC(C)=O)c(C)c5c(c4[C@H](COCc4ccccc4)N3[C@@H](C#N)[C@H](C2)N1C)OCO5. The zero-order valence-corrected chi connectivity index (χ0v) is 26.2. The molecule has 4 atom stereocenters. The lowest BCUT2D eigenvalue weighted by atomic mass is 9.71. The van der Waals surface area contributed by atoms with Gasteiger partial charge in [0.1, 0.15) is 11.8 Å². The second kappa shape index (κ2) is 11.2. The minimum atomic E-state index is -0.729. The van der Waals surface area contributed by atoms with Crippen molar-refractivity contribution in [3.05, 3.63) is 80.8 Å². The molecule has 2 bridgehead atoms. The summed E-state index contributed by atoms with van der Waals surface area (Å²) in [5.41, 5.74) is 4.41. The molecule has 7 rings (SSSR count). The van der Waals surface area contributed by atoms with Gasteiger partial charge in [-0.15, -0.1) is 0 Å². The Bertz CT molecular complexity index is 1840. The van der Waals surface area contributed by atoms with Crippen LogP contribution < -0.4 is 14.2 Å². The molecule has 0 radical (unpaired) electrons. The fourth-order valence-corrected chi connectivity index (χ4v) is 7.59. The van der Waals surface area contributed by atoms with Gasteiger partial charge in [-0.3, -0.25) is 19.3 Å². The van der Waals surface area contributed by atoms with Crippen molar-refractivity contribution in [3.63, 3.8) is 0 Å². The third-order valence-corrected chi connectivity index (χ3v) is 9.59. The highest BCUT2D eigenvalue weighted by atomic mass is 16.7. The van der Waals surface area contributed by atoms with Crippen LogP contribution in [0.1, 0.15) is 48.6 Å². The molecule has 0 N–H and O–H groups in total. The molecule has 1 fully saturated rings. The van der Waals surface area contributed by atoms with Gasteiger partial charge >= 0.3 is 5.97 Å². The molecule has 1 saturated heterocycles. The molecule has 0 spiro atoms. The molecular weight excluding hydrogens is 590 g/mol. The first-order chi connectivity index (χ1) is 22.2. The average Bonchev–Trinajstić information content (AvgIpc) is 3.53. The number of methoxy groups -OCH3 is 1. The van der Waals surface area contributed by atoms with Gasteiger partial charge in [0.15, 0.2) is 23.0 Å². The fraction of sp³-hybridized carbons (Fsp3) is 0.371. The standard InChI is InChI=1S/C35H33N3O8/c1-17-30(40)21-11-23-25(13-36)38-24(29(37(23)4)28(21)31(41)33(17)42-5)12-22-27(26(38)15-43-14-20-9-7-6-8-10-20)35-34(44-16-45-35)18(2)32(22)46-19(3)39/h6-10,12,23,25-26,29H,11,14-16H2,1-5H3/t23-,25-,26-,29+/m0/s1. The number of piperazine rings is 1. The Hall–Kier alpha value is -4.92. The van der Waals surface area contributed by atoms with Crippen LogP contribution in [0.15, 0.2) is 58.5 Å². The summed E-state index contributed by atoms with van der Waals surface area (Å²) in [5, 5.41) is 10.8. The Morgan fingerprint density at radius 3 is 2.54 bits per heavy atom. The molecule has 0 amide bonds. The van der Waals surface area contributed by atoms with Crippen molar-refractivity contribution in [2.45, 2.75) is 58.0 Å². The van der Waals surface area contributed by atoms with Crippen molar-refractivity contribution in [1.29, 1.82) is 5.26 Å². The summed E-state index contributed by atoms with van der Waals surface area (Å²) >= 11 is 0. The maximum Gasteiger partial charge on any atom is 0.308 e. The van der Waals surface area contributed by atoms with E-state index in [9.17, 15) is 19.6 Å². The summed E-state index contributed by atoms with van der Waals surface area (Å²) < 4.78 is 29.6. The maximum absolute atomic E-state index is 14.0. The second-order valence-electron chi connectivity index (χ2n) is 12.1. The molecule has 1 aliphatic carbocycles. The van der Waals surface area contributed by atoms with Crippen LogP contribution in [0.4, 0.5) is 0 Å². The quantitative estimate of drug-likeness (QED) is 0.264. The lowest BCUT2D eigenvalue weighted by Crippen LogP contribution is -2.66. The summed E-state index contributed by atoms with van der Waals surface area (Å²) in [6.45, 7) is 5.15. The Morgan fingerprint density at radius 1 is 1.11 bits per heavy atom. The van der Waals surface area contributed by atoms with E-state index in [1.54, 1.807) is 13.8 Å². The molecule has 2 aromatic rings. The van der Waals surface area contributed by atoms with E-state index < -0.39 is 30.1 Å². The van der Waals surface area contributed by atoms with Gasteiger partial charge in [0.2, 0.25) is 12.6 Å². The molecule has 0 saturated carbocycles. The van der Waals surface area contributed by atoms with Gasteiger partial charge in [-0.05, 0) is 39.0 Å². The lowest BCUT2D eigenvalue weighted by molar-refractivity contribution is -0.132. The second-order valence-corrected chi connectivity index (χ2v) is 12.1. The van der Waals surface area contributed by atoms with Crippen LogP contribution in [0.3, 0.4) is 0 Å². The Kier molecular flexibility index (Phi) is 7.22. The predicted octanol–water partition coefficient (Wildman–Crippen LogP) is 3.91. The van der Waals surface area contributed by atoms with Crippen LogP contribution in [0.2, 0.25) is 0 Å². The van der Waals surface area contributed by atoms with Crippen LogP contribution in [0.5, 0.6) is 17.2 Å². The molecule has 4 aliphatic heterocycles. The number of ketones is 2. The highest BCUT2D eigenvalue weighted by Crippen LogP contribution is 2.56. The monoisotopic (exact) mass is 623 g/mol. The molecule has 2 aromatic carbocycles. The van der Waals surface area contributed by atoms with Crippen LogP contribution >= 0.6 is 0 Å². The number of likely N-dealkylation sites (N-methyl/N-ethyl adjacent to an activating group) is 1. The third kappa shape index (κ3) is 4.28. The number of rotatable bonds is 6. The zero-order valence-electron chi connectivity index (χ0n) is 26.2. The topological polar surface area (TPSA) is 128 Å². The molecule has 0 aromatic heterocycles. The Labute approximate surface area is 266 Å². The van der Waals surface area contributed by atoms with Gasteiger partial charge in [-0.1, -0.05) is 30.3 Å². The molecule has 4 heterocycles. The van der Waals surface area contributed by atoms with Crippen molar-refractivity contribution in [2.75, 3.05) is 27.6 Å². The van der Waals surface area contributed by atoms with E-state index >= 15 is 0 Å². The van der Waals surface area contributed by atoms with Gasteiger partial charge in [0, 0.05) is 52.1 Å². The van der Waals surface area contributed by atoms with Gasteiger partial charge in [-0.2, -0.15) is 5.26 Å². The highest BCUT2D eigenvalue weighted by Gasteiger charge is 2.56. The third-order valence-electron chi connectivity index (χ3n) is 9.59. The van der Waals surface area contributed by atoms with Gasteiger partial charge in [0.25, 0.3) is 0 Å². The zero-order chi connectivity index (χ0) is 32.4. The first-order valence-corrected chi connectivity index (χ1v) is 15.1. The molecular formula is C35H33N3O8. The smallest absolute Gasteiger partial charge is 0.308 e. The van der Waals surface area contributed by atoms with Gasteiger partial charge in [0.05, 0.1) is 38.5 Å². The molecule has 46 heavy (non-hydrogen) atoms. The van der Waals surface area contributed by atoms with E-state index in [0.717, 1.165) is 5.56 Å². The lowest BCUT2D eigenvalue weighted by Gasteiger charge is -2.57. The molecule has 0 unspecified atom stereocenters. The largest absolute Gasteiger partial charge is 0.492 e. The molecule has 11 nitrogen and oxygen atoms in total. The summed E-state index contributed by atoms with van der Waals surface area (Å²) in [6, 6.07) is 9.84. The van der Waals surface area contributed by atoms with Crippen LogP contribution in [0, 0.1) is 18.3 Å². The predicted molar refractivity (Wildman–Crippen MR) is 163 cm³/mol. The molecule has 236 valence electrons. The summed E-state index contributed by atoms with van der Waals surface area (Å²) in [7, 11) is 3.25. The number of hydrogen-bond acceptors (Lipinski definition) is 11. The van der Waals surface area contributed by atoms with Crippen molar-refractivity contribution >= 4 is 23.6 Å². The minimum Gasteiger partial charge on any atom is -0.492 e. The van der Waals surface area contributed by atoms with Crippen LogP contribution in [-0.2, 0) is 30.5 Å². The molecule has 5 aliphatic rings. The first-order valence-electron chi connectivity index (χ1n) is 15.1. The number of nitrogens with zero attached hydrogens (tertiary/aromatic N) is 3. The first kappa shape index (κ1) is 29.8. The van der Waals surface area contributed by atoms with E-state index in [4.69, 9.17) is 23.7 Å². The van der Waals surface area contributed by atoms with Crippen molar-refractivity contribution in [1.82, 2.24) is 9.80 Å². The van der Waals surface area contributed by atoms with Crippen LogP contribution in [0.25, 0.3) is 6.08 Å². The van der Waals surface area contributed by atoms with Crippen molar-refractivity contribution in [3.8, 4) is 23.3 Å². The number of esters is 1.